The number of amides is 3. The normalized spacial score (nSPS) is 16.9. The molecule has 172 valence electrons. The van der Waals surface area contributed by atoms with Crippen molar-refractivity contribution in [1.82, 2.24) is 25.2 Å². The molecule has 3 aromatic rings. The molecule has 2 N–H and O–H groups in total. The number of carbonyl (C=O) groups excluding carboxylic acids is 2. The highest BCUT2D eigenvalue weighted by molar-refractivity contribution is 8.14. The number of aryl methyl sites for hydroxylation is 1. The van der Waals surface area contributed by atoms with Gasteiger partial charge in [-0.25, -0.2) is 14.8 Å². The Hall–Kier alpha value is -3.27. The quantitative estimate of drug-likeness (QED) is 0.572. The van der Waals surface area contributed by atoms with Crippen molar-refractivity contribution in [3.8, 4) is 11.6 Å². The molecule has 0 unspecified atom stereocenters. The van der Waals surface area contributed by atoms with Gasteiger partial charge in [-0.15, -0.1) is 0 Å². The van der Waals surface area contributed by atoms with Gasteiger partial charge in [0.1, 0.15) is 0 Å². The zero-order chi connectivity index (χ0) is 22.8. The number of carbonyl (C=O) groups is 2. The summed E-state index contributed by atoms with van der Waals surface area (Å²) in [5.74, 6) is 1.96. The van der Waals surface area contributed by atoms with E-state index in [-0.39, 0.29) is 17.3 Å². The minimum absolute atomic E-state index is 0.115. The van der Waals surface area contributed by atoms with Crippen molar-refractivity contribution in [2.45, 2.75) is 31.7 Å². The predicted molar refractivity (Wildman–Crippen MR) is 128 cm³/mol. The maximum absolute atomic E-state index is 12.3. The van der Waals surface area contributed by atoms with Gasteiger partial charge in [-0.2, -0.15) is 5.10 Å². The molecule has 0 radical (unpaired) electrons. The largest absolute Gasteiger partial charge is 0.461 e. The highest BCUT2D eigenvalue weighted by atomic mass is 32.2. The Morgan fingerprint density at radius 1 is 1.27 bits per heavy atom. The number of nitrogens with one attached hydrogen (secondary N) is 2. The molecule has 2 aromatic heterocycles. The van der Waals surface area contributed by atoms with E-state index in [1.165, 1.54) is 16.8 Å². The molecule has 33 heavy (non-hydrogen) atoms. The molecule has 5 rings (SSSR count). The van der Waals surface area contributed by atoms with Gasteiger partial charge in [0, 0.05) is 31.0 Å². The van der Waals surface area contributed by atoms with Crippen LogP contribution in [0.3, 0.4) is 0 Å². The van der Waals surface area contributed by atoms with Gasteiger partial charge in [0.2, 0.25) is 0 Å². The van der Waals surface area contributed by atoms with Crippen LogP contribution in [0.15, 0.2) is 46.1 Å². The first-order valence-corrected chi connectivity index (χ1v) is 12.1. The van der Waals surface area contributed by atoms with Gasteiger partial charge in [0.15, 0.2) is 11.6 Å². The first kappa shape index (κ1) is 21.6. The third-order valence-electron chi connectivity index (χ3n) is 6.04. The van der Waals surface area contributed by atoms with E-state index in [0.717, 1.165) is 53.8 Å². The summed E-state index contributed by atoms with van der Waals surface area (Å²) in [6.45, 7) is 0.662. The number of hydrazone groups is 1. The van der Waals surface area contributed by atoms with Gasteiger partial charge in [-0.1, -0.05) is 30.7 Å². The number of urea groups is 1. The molecule has 0 spiro atoms. The summed E-state index contributed by atoms with van der Waals surface area (Å²) in [5, 5.41) is 11.7. The van der Waals surface area contributed by atoms with Crippen molar-refractivity contribution in [3.05, 3.63) is 42.2 Å². The van der Waals surface area contributed by atoms with Gasteiger partial charge < -0.3 is 19.6 Å². The van der Waals surface area contributed by atoms with Crippen LogP contribution in [0.4, 0.5) is 9.59 Å². The third kappa shape index (κ3) is 4.61. The predicted octanol–water partition coefficient (Wildman–Crippen LogP) is 3.95. The molecule has 1 fully saturated rings. The van der Waals surface area contributed by atoms with Gasteiger partial charge in [0.25, 0.3) is 0 Å². The molecule has 2 aliphatic rings. The van der Waals surface area contributed by atoms with Crippen LogP contribution >= 0.6 is 11.8 Å². The van der Waals surface area contributed by atoms with Crippen LogP contribution in [0.2, 0.25) is 0 Å². The van der Waals surface area contributed by atoms with Crippen LogP contribution in [-0.4, -0.2) is 56.4 Å². The Morgan fingerprint density at radius 3 is 2.91 bits per heavy atom. The number of rotatable bonds is 6. The molecule has 1 aromatic carbocycles. The lowest BCUT2D eigenvalue weighted by atomic mass is 10.1. The number of hydrogen-bond acceptors (Lipinski definition) is 6. The van der Waals surface area contributed by atoms with E-state index in [2.05, 4.69) is 15.7 Å². The standard InChI is InChI=1S/C23H26N6O3S/c1-28-19-9-8-15(13-17(19)26-21(28)20-7-4-12-32-20)18-14-33-23(31)29(27-18)11-10-24-22(30)25-16-5-2-3-6-16/h4,7-9,12-13,16H,2-3,5-6,10-11,14H2,1H3,(H2,24,25,30). The van der Waals surface area contributed by atoms with E-state index in [1.54, 1.807) is 6.26 Å². The number of imidazole rings is 1. The number of furan rings is 1. The number of benzene rings is 1. The fraction of sp³-hybridized carbons (Fsp3) is 0.391. The molecular weight excluding hydrogens is 440 g/mol. The molecule has 1 aliphatic carbocycles. The summed E-state index contributed by atoms with van der Waals surface area (Å²) in [5.41, 5.74) is 3.55. The Balaban J connectivity index is 1.27. The van der Waals surface area contributed by atoms with Gasteiger partial charge in [-0.05, 0) is 37.1 Å². The third-order valence-corrected chi connectivity index (χ3v) is 6.92. The minimum Gasteiger partial charge on any atom is -0.461 e. The summed E-state index contributed by atoms with van der Waals surface area (Å²) in [4.78, 5) is 29.1. The highest BCUT2D eigenvalue weighted by Crippen LogP contribution is 2.26. The average molecular weight is 467 g/mol. The molecule has 10 heteroatoms. The van der Waals surface area contributed by atoms with Gasteiger partial charge in [-0.3, -0.25) is 4.79 Å². The second-order valence-corrected chi connectivity index (χ2v) is 9.21. The second-order valence-electron chi connectivity index (χ2n) is 8.28. The van der Waals surface area contributed by atoms with Crippen LogP contribution in [0, 0.1) is 0 Å². The van der Waals surface area contributed by atoms with E-state index >= 15 is 0 Å². The van der Waals surface area contributed by atoms with E-state index in [9.17, 15) is 9.59 Å². The number of fused-ring (bicyclic) bond motifs is 1. The maximum Gasteiger partial charge on any atom is 0.315 e. The summed E-state index contributed by atoms with van der Waals surface area (Å²) < 4.78 is 7.50. The van der Waals surface area contributed by atoms with Crippen LogP contribution in [0.1, 0.15) is 31.2 Å². The van der Waals surface area contributed by atoms with Crippen molar-refractivity contribution < 1.29 is 14.0 Å². The SMILES string of the molecule is Cn1c(-c2ccco2)nc2cc(C3=NN(CCNC(=O)NC4CCCC4)C(=O)SC3)ccc21. The molecule has 0 atom stereocenters. The van der Waals surface area contributed by atoms with E-state index < -0.39 is 0 Å². The van der Waals surface area contributed by atoms with Crippen LogP contribution in [0.25, 0.3) is 22.6 Å². The van der Waals surface area contributed by atoms with Crippen molar-refractivity contribution in [1.29, 1.82) is 0 Å². The summed E-state index contributed by atoms with van der Waals surface area (Å²) in [6.07, 6.45) is 6.03. The minimum atomic E-state index is -0.184. The zero-order valence-electron chi connectivity index (χ0n) is 18.4. The van der Waals surface area contributed by atoms with Crippen molar-refractivity contribution in [2.75, 3.05) is 18.8 Å². The van der Waals surface area contributed by atoms with Crippen LogP contribution in [-0.2, 0) is 7.05 Å². The first-order chi connectivity index (χ1) is 16.1. The van der Waals surface area contributed by atoms with Crippen molar-refractivity contribution >= 4 is 39.8 Å². The Bertz CT molecular complexity index is 1200. The van der Waals surface area contributed by atoms with Gasteiger partial charge in [0.05, 0.1) is 29.6 Å². The summed E-state index contributed by atoms with van der Waals surface area (Å²) in [6, 6.07) is 9.79. The van der Waals surface area contributed by atoms with E-state index in [1.807, 2.05) is 41.9 Å². The maximum atomic E-state index is 12.3. The number of aromatic nitrogens is 2. The Morgan fingerprint density at radius 2 is 2.12 bits per heavy atom. The van der Waals surface area contributed by atoms with E-state index in [0.29, 0.717) is 24.6 Å². The fourth-order valence-electron chi connectivity index (χ4n) is 4.29. The molecule has 0 bridgehead atoms. The smallest absolute Gasteiger partial charge is 0.315 e. The molecule has 3 heterocycles. The monoisotopic (exact) mass is 466 g/mol. The first-order valence-electron chi connectivity index (χ1n) is 11.2. The van der Waals surface area contributed by atoms with Gasteiger partial charge >= 0.3 is 11.3 Å². The average Bonchev–Trinajstić information content (AvgIpc) is 3.57. The van der Waals surface area contributed by atoms with Crippen molar-refractivity contribution in [3.63, 3.8) is 0 Å². The van der Waals surface area contributed by atoms with Crippen LogP contribution < -0.4 is 10.6 Å². The lowest BCUT2D eigenvalue weighted by Crippen LogP contribution is -2.44. The fourth-order valence-corrected chi connectivity index (χ4v) is 5.06. The molecule has 1 aliphatic heterocycles. The molecule has 3 amide bonds. The van der Waals surface area contributed by atoms with E-state index in [4.69, 9.17) is 9.40 Å². The lowest BCUT2D eigenvalue weighted by Gasteiger charge is -2.23. The Kier molecular flexibility index (Phi) is 6.08. The molecule has 1 saturated carbocycles. The summed E-state index contributed by atoms with van der Waals surface area (Å²) in [7, 11) is 1.96. The van der Waals surface area contributed by atoms with Crippen LogP contribution in [0.5, 0.6) is 0 Å². The van der Waals surface area contributed by atoms with Crippen molar-refractivity contribution in [2.24, 2.45) is 12.1 Å². The number of thioether (sulfide) groups is 1. The second kappa shape index (κ2) is 9.30. The molecule has 0 saturated heterocycles. The number of hydrogen-bond donors (Lipinski definition) is 2. The topological polar surface area (TPSA) is 105 Å². The highest BCUT2D eigenvalue weighted by Gasteiger charge is 2.23. The number of nitrogens with zero attached hydrogens (tertiary/aromatic N) is 4. The Labute approximate surface area is 195 Å². The molecular formula is C23H26N6O3S. The summed E-state index contributed by atoms with van der Waals surface area (Å²) >= 11 is 1.21. The zero-order valence-corrected chi connectivity index (χ0v) is 19.2. The molecule has 9 nitrogen and oxygen atoms in total. The lowest BCUT2D eigenvalue weighted by molar-refractivity contribution is 0.221.